The molecule has 0 radical (unpaired) electrons. The molecule has 1 aromatic carbocycles. The monoisotopic (exact) mass is 245 g/mol. The van der Waals surface area contributed by atoms with Gasteiger partial charge < -0.3 is 15.6 Å². The first-order valence-electron chi connectivity index (χ1n) is 4.99. The fourth-order valence-corrected chi connectivity index (χ4v) is 1.86. The van der Waals surface area contributed by atoms with Crippen LogP contribution in [0, 0.1) is 5.82 Å². The standard InChI is InChI=1S/C11H13ClFNO2/c1-16-8-4-7(12)9(13)6(10(8)15)5-11(14)2-3-11/h4,15H,2-3,5,14H2,1H3. The van der Waals surface area contributed by atoms with Crippen LogP contribution < -0.4 is 10.5 Å². The van der Waals surface area contributed by atoms with E-state index in [9.17, 15) is 9.50 Å². The molecule has 0 aliphatic heterocycles. The van der Waals surface area contributed by atoms with Gasteiger partial charge in [0.05, 0.1) is 12.1 Å². The first-order valence-corrected chi connectivity index (χ1v) is 5.37. The van der Waals surface area contributed by atoms with E-state index in [4.69, 9.17) is 22.1 Å². The van der Waals surface area contributed by atoms with Crippen molar-refractivity contribution in [2.75, 3.05) is 7.11 Å². The second-order valence-corrected chi connectivity index (χ2v) is 4.65. The van der Waals surface area contributed by atoms with E-state index in [1.54, 1.807) is 0 Å². The van der Waals surface area contributed by atoms with Crippen molar-refractivity contribution in [3.63, 3.8) is 0 Å². The smallest absolute Gasteiger partial charge is 0.164 e. The van der Waals surface area contributed by atoms with Crippen LogP contribution in [0.1, 0.15) is 18.4 Å². The summed E-state index contributed by atoms with van der Waals surface area (Å²) in [6.07, 6.45) is 1.95. The summed E-state index contributed by atoms with van der Waals surface area (Å²) in [5.74, 6) is -0.650. The fraction of sp³-hybridized carbons (Fsp3) is 0.455. The summed E-state index contributed by atoms with van der Waals surface area (Å²) in [4.78, 5) is 0. The largest absolute Gasteiger partial charge is 0.504 e. The Labute approximate surface area is 98.0 Å². The molecule has 0 heterocycles. The number of benzene rings is 1. The van der Waals surface area contributed by atoms with Crippen LogP contribution in [0.2, 0.25) is 5.02 Å². The molecule has 88 valence electrons. The Morgan fingerprint density at radius 1 is 1.62 bits per heavy atom. The highest BCUT2D eigenvalue weighted by Crippen LogP contribution is 2.42. The minimum absolute atomic E-state index is 0.0612. The van der Waals surface area contributed by atoms with Gasteiger partial charge in [0.25, 0.3) is 0 Å². The maximum atomic E-state index is 13.7. The number of hydrogen-bond donors (Lipinski definition) is 2. The average Bonchev–Trinajstić information content (AvgIpc) is 2.97. The summed E-state index contributed by atoms with van der Waals surface area (Å²) in [5, 5.41) is 9.74. The number of nitrogens with two attached hydrogens (primary N) is 1. The van der Waals surface area contributed by atoms with Crippen molar-refractivity contribution >= 4 is 11.6 Å². The molecule has 16 heavy (non-hydrogen) atoms. The maximum Gasteiger partial charge on any atom is 0.164 e. The second kappa shape index (κ2) is 3.79. The summed E-state index contributed by atoms with van der Waals surface area (Å²) in [6.45, 7) is 0. The van der Waals surface area contributed by atoms with E-state index in [-0.39, 0.29) is 28.5 Å². The molecule has 1 aromatic rings. The Balaban J connectivity index is 2.44. The van der Waals surface area contributed by atoms with Crippen LogP contribution in [0.25, 0.3) is 0 Å². The Bertz CT molecular complexity index is 432. The van der Waals surface area contributed by atoms with Crippen LogP contribution in [-0.2, 0) is 6.42 Å². The van der Waals surface area contributed by atoms with Crippen molar-refractivity contribution in [1.29, 1.82) is 0 Å². The molecule has 1 fully saturated rings. The van der Waals surface area contributed by atoms with Crippen molar-refractivity contribution in [1.82, 2.24) is 0 Å². The van der Waals surface area contributed by atoms with Gasteiger partial charge in [0.1, 0.15) is 5.82 Å². The number of halogens is 2. The minimum atomic E-state index is -0.614. The van der Waals surface area contributed by atoms with Crippen LogP contribution in [-0.4, -0.2) is 17.8 Å². The molecule has 0 spiro atoms. The predicted octanol–water partition coefficient (Wildman–Crippen LogP) is 2.23. The highest BCUT2D eigenvalue weighted by Gasteiger charge is 2.40. The molecule has 0 unspecified atom stereocenters. The third-order valence-electron chi connectivity index (χ3n) is 2.89. The summed E-state index contributed by atoms with van der Waals surface area (Å²) < 4.78 is 18.6. The minimum Gasteiger partial charge on any atom is -0.504 e. The third kappa shape index (κ3) is 1.95. The lowest BCUT2D eigenvalue weighted by Crippen LogP contribution is -2.25. The lowest BCUT2D eigenvalue weighted by atomic mass is 10.0. The molecule has 0 aromatic heterocycles. The quantitative estimate of drug-likeness (QED) is 0.859. The molecule has 5 heteroatoms. The van der Waals surface area contributed by atoms with Crippen molar-refractivity contribution in [2.24, 2.45) is 5.73 Å². The van der Waals surface area contributed by atoms with E-state index in [1.807, 2.05) is 0 Å². The molecular formula is C11H13ClFNO2. The van der Waals surface area contributed by atoms with E-state index in [1.165, 1.54) is 13.2 Å². The zero-order valence-corrected chi connectivity index (χ0v) is 9.64. The van der Waals surface area contributed by atoms with E-state index in [0.29, 0.717) is 0 Å². The summed E-state index contributed by atoms with van der Waals surface area (Å²) in [5.41, 5.74) is 5.64. The molecule has 0 atom stereocenters. The van der Waals surface area contributed by atoms with Crippen molar-refractivity contribution in [3.05, 3.63) is 22.5 Å². The first kappa shape index (κ1) is 11.5. The number of hydrogen-bond acceptors (Lipinski definition) is 3. The highest BCUT2D eigenvalue weighted by molar-refractivity contribution is 6.31. The topological polar surface area (TPSA) is 55.5 Å². The molecule has 1 saturated carbocycles. The van der Waals surface area contributed by atoms with Gasteiger partial charge in [0, 0.05) is 17.2 Å². The van der Waals surface area contributed by atoms with Gasteiger partial charge >= 0.3 is 0 Å². The van der Waals surface area contributed by atoms with Crippen LogP contribution in [0.5, 0.6) is 11.5 Å². The zero-order chi connectivity index (χ0) is 11.9. The van der Waals surface area contributed by atoms with Crippen molar-refractivity contribution in [3.8, 4) is 11.5 Å². The summed E-state index contributed by atoms with van der Waals surface area (Å²) in [6, 6.07) is 1.26. The van der Waals surface area contributed by atoms with Crippen LogP contribution in [0.15, 0.2) is 6.07 Å². The number of rotatable bonds is 3. The third-order valence-corrected chi connectivity index (χ3v) is 3.17. The van der Waals surface area contributed by atoms with Crippen molar-refractivity contribution < 1.29 is 14.2 Å². The summed E-state index contributed by atoms with van der Waals surface area (Å²) in [7, 11) is 1.39. The molecule has 0 saturated heterocycles. The van der Waals surface area contributed by atoms with Gasteiger partial charge in [-0.3, -0.25) is 0 Å². The number of phenols is 1. The Morgan fingerprint density at radius 3 is 2.75 bits per heavy atom. The van der Waals surface area contributed by atoms with Gasteiger partial charge in [0.15, 0.2) is 11.5 Å². The average molecular weight is 246 g/mol. The first-order chi connectivity index (χ1) is 7.47. The van der Waals surface area contributed by atoms with Gasteiger partial charge in [-0.1, -0.05) is 11.6 Å². The van der Waals surface area contributed by atoms with Gasteiger partial charge in [0.2, 0.25) is 0 Å². The number of methoxy groups -OCH3 is 1. The molecule has 2 rings (SSSR count). The fourth-order valence-electron chi connectivity index (χ4n) is 1.65. The van der Waals surface area contributed by atoms with Gasteiger partial charge in [-0.25, -0.2) is 4.39 Å². The molecule has 3 nitrogen and oxygen atoms in total. The van der Waals surface area contributed by atoms with Crippen LogP contribution >= 0.6 is 11.6 Å². The number of phenolic OH excluding ortho intramolecular Hbond substituents is 1. The Morgan fingerprint density at radius 2 is 2.25 bits per heavy atom. The Kier molecular flexibility index (Phi) is 2.72. The Hall–Kier alpha value is -1.00. The van der Waals surface area contributed by atoms with Gasteiger partial charge in [-0.15, -0.1) is 0 Å². The number of aromatic hydroxyl groups is 1. The van der Waals surface area contributed by atoms with E-state index in [0.717, 1.165) is 12.8 Å². The molecule has 1 aliphatic carbocycles. The van der Waals surface area contributed by atoms with E-state index < -0.39 is 11.4 Å². The normalized spacial score (nSPS) is 17.2. The van der Waals surface area contributed by atoms with Gasteiger partial charge in [-0.2, -0.15) is 0 Å². The lowest BCUT2D eigenvalue weighted by Gasteiger charge is -2.14. The SMILES string of the molecule is COc1cc(Cl)c(F)c(CC2(N)CC2)c1O. The lowest BCUT2D eigenvalue weighted by molar-refractivity contribution is 0.365. The van der Waals surface area contributed by atoms with E-state index >= 15 is 0 Å². The van der Waals surface area contributed by atoms with Crippen LogP contribution in [0.4, 0.5) is 4.39 Å². The highest BCUT2D eigenvalue weighted by atomic mass is 35.5. The van der Waals surface area contributed by atoms with Crippen LogP contribution in [0.3, 0.4) is 0 Å². The zero-order valence-electron chi connectivity index (χ0n) is 8.89. The molecule has 0 amide bonds. The molecular weight excluding hydrogens is 233 g/mol. The molecule has 3 N–H and O–H groups in total. The number of ether oxygens (including phenoxy) is 1. The maximum absolute atomic E-state index is 13.7. The molecule has 0 bridgehead atoms. The predicted molar refractivity (Wildman–Crippen MR) is 59.5 cm³/mol. The molecule has 1 aliphatic rings. The van der Waals surface area contributed by atoms with Crippen molar-refractivity contribution in [2.45, 2.75) is 24.8 Å². The summed E-state index contributed by atoms with van der Waals surface area (Å²) >= 11 is 5.71. The van der Waals surface area contributed by atoms with E-state index in [2.05, 4.69) is 0 Å². The van der Waals surface area contributed by atoms with Gasteiger partial charge in [-0.05, 0) is 19.3 Å². The second-order valence-electron chi connectivity index (χ2n) is 4.24.